The first-order chi connectivity index (χ1) is 7.13. The number of anilines is 2. The molecule has 5 nitrogen and oxygen atoms in total. The first-order valence-corrected chi connectivity index (χ1v) is 4.61. The van der Waals surface area contributed by atoms with E-state index in [1.807, 2.05) is 19.2 Å². The van der Waals surface area contributed by atoms with Crippen LogP contribution in [-0.4, -0.2) is 25.3 Å². The van der Waals surface area contributed by atoms with Crippen molar-refractivity contribution < 1.29 is 9.53 Å². The van der Waals surface area contributed by atoms with Gasteiger partial charge in [0.15, 0.2) is 0 Å². The van der Waals surface area contributed by atoms with Crippen molar-refractivity contribution in [2.24, 2.45) is 0 Å². The van der Waals surface area contributed by atoms with Crippen molar-refractivity contribution in [3.8, 4) is 0 Å². The monoisotopic (exact) mass is 207 g/mol. The highest BCUT2D eigenvalue weighted by molar-refractivity contribution is 5.89. The molecule has 1 amide bonds. The van der Waals surface area contributed by atoms with Gasteiger partial charge in [-0.15, -0.1) is 0 Å². The minimum absolute atomic E-state index is 0.401. The molecule has 0 atom stereocenters. The predicted molar refractivity (Wildman–Crippen MR) is 57.2 cm³/mol. The fraction of sp³-hybridized carbons (Fsp3) is 0.300. The fourth-order valence-electron chi connectivity index (χ4n) is 1.74. The van der Waals surface area contributed by atoms with Gasteiger partial charge in [-0.3, -0.25) is 0 Å². The summed E-state index contributed by atoms with van der Waals surface area (Å²) in [6.45, 7) is 0.685. The van der Waals surface area contributed by atoms with Crippen LogP contribution in [0.5, 0.6) is 0 Å². The van der Waals surface area contributed by atoms with Crippen LogP contribution in [0.15, 0.2) is 18.2 Å². The van der Waals surface area contributed by atoms with Gasteiger partial charge in [-0.1, -0.05) is 6.07 Å². The topological polar surface area (TPSA) is 58.8 Å². The molecule has 0 saturated heterocycles. The molecule has 2 N–H and O–H groups in total. The summed E-state index contributed by atoms with van der Waals surface area (Å²) in [5.41, 5.74) is 8.18. The van der Waals surface area contributed by atoms with Gasteiger partial charge in [0.25, 0.3) is 0 Å². The summed E-state index contributed by atoms with van der Waals surface area (Å²) < 4.78 is 4.71. The minimum Gasteiger partial charge on any atom is -0.452 e. The van der Waals surface area contributed by atoms with Gasteiger partial charge in [0, 0.05) is 19.3 Å². The number of amides is 1. The molecule has 1 heterocycles. The fourth-order valence-corrected chi connectivity index (χ4v) is 1.74. The van der Waals surface area contributed by atoms with Gasteiger partial charge >= 0.3 is 6.09 Å². The number of carbonyl (C=O) groups is 1. The summed E-state index contributed by atoms with van der Waals surface area (Å²) in [5.74, 6) is 0. The Morgan fingerprint density at radius 2 is 2.27 bits per heavy atom. The summed E-state index contributed by atoms with van der Waals surface area (Å²) in [4.78, 5) is 11.5. The Kier molecular flexibility index (Phi) is 2.24. The van der Waals surface area contributed by atoms with E-state index in [-0.39, 0.29) is 0 Å². The van der Waals surface area contributed by atoms with E-state index < -0.39 is 6.09 Å². The number of hydrogen-bond acceptors (Lipinski definition) is 4. The van der Waals surface area contributed by atoms with Gasteiger partial charge in [-0.25, -0.2) is 14.8 Å². The molecule has 0 aromatic heterocycles. The standard InChI is InChI=1S/C10H13N3O2/c1-12-6-7-3-4-8(11)5-9(7)13(12)10(14)15-2/h3-5H,6,11H2,1-2H3. The molecule has 0 aliphatic carbocycles. The quantitative estimate of drug-likeness (QED) is 0.649. The number of hydrogen-bond donors (Lipinski definition) is 1. The largest absolute Gasteiger partial charge is 0.452 e. The second-order valence-electron chi connectivity index (χ2n) is 3.49. The van der Waals surface area contributed by atoms with Gasteiger partial charge in [-0.2, -0.15) is 0 Å². The van der Waals surface area contributed by atoms with E-state index in [0.29, 0.717) is 12.2 Å². The molecular weight excluding hydrogens is 194 g/mol. The minimum atomic E-state index is -0.401. The average molecular weight is 207 g/mol. The molecule has 0 saturated carbocycles. The summed E-state index contributed by atoms with van der Waals surface area (Å²) >= 11 is 0. The van der Waals surface area contributed by atoms with Crippen LogP contribution in [0.4, 0.5) is 16.2 Å². The number of nitrogens with zero attached hydrogens (tertiary/aromatic N) is 2. The van der Waals surface area contributed by atoms with E-state index in [4.69, 9.17) is 10.5 Å². The summed E-state index contributed by atoms with van der Waals surface area (Å²) in [6.07, 6.45) is -0.401. The first kappa shape index (κ1) is 9.79. The Hall–Kier alpha value is -1.75. The van der Waals surface area contributed by atoms with Crippen molar-refractivity contribution in [3.05, 3.63) is 23.8 Å². The van der Waals surface area contributed by atoms with Crippen LogP contribution in [0.25, 0.3) is 0 Å². The van der Waals surface area contributed by atoms with Crippen LogP contribution in [0.1, 0.15) is 5.56 Å². The molecule has 1 aromatic carbocycles. The van der Waals surface area contributed by atoms with E-state index in [1.54, 1.807) is 11.1 Å². The molecule has 15 heavy (non-hydrogen) atoms. The highest BCUT2D eigenvalue weighted by Gasteiger charge is 2.30. The Labute approximate surface area is 88.0 Å². The number of benzene rings is 1. The summed E-state index contributed by atoms with van der Waals surface area (Å²) in [7, 11) is 3.19. The molecule has 5 heteroatoms. The van der Waals surface area contributed by atoms with Gasteiger partial charge in [0.05, 0.1) is 12.8 Å². The van der Waals surface area contributed by atoms with E-state index in [9.17, 15) is 4.79 Å². The second-order valence-corrected chi connectivity index (χ2v) is 3.49. The molecule has 0 unspecified atom stereocenters. The molecule has 80 valence electrons. The second kappa shape index (κ2) is 3.43. The number of carbonyl (C=O) groups excluding carboxylic acids is 1. The predicted octanol–water partition coefficient (Wildman–Crippen LogP) is 1.20. The van der Waals surface area contributed by atoms with Crippen LogP contribution in [0, 0.1) is 0 Å². The third-order valence-electron chi connectivity index (χ3n) is 2.43. The lowest BCUT2D eigenvalue weighted by molar-refractivity contribution is 0.159. The van der Waals surface area contributed by atoms with Crippen LogP contribution in [-0.2, 0) is 11.3 Å². The zero-order chi connectivity index (χ0) is 11.0. The molecule has 2 rings (SSSR count). The highest BCUT2D eigenvalue weighted by Crippen LogP contribution is 2.32. The average Bonchev–Trinajstić information content (AvgIpc) is 2.52. The number of nitrogen functional groups attached to an aromatic ring is 1. The Bertz CT molecular complexity index is 406. The van der Waals surface area contributed by atoms with Gasteiger partial charge in [0.2, 0.25) is 0 Å². The van der Waals surface area contributed by atoms with Crippen molar-refractivity contribution >= 4 is 17.5 Å². The molecule has 1 aliphatic heterocycles. The van der Waals surface area contributed by atoms with Crippen LogP contribution in [0.3, 0.4) is 0 Å². The van der Waals surface area contributed by atoms with E-state index >= 15 is 0 Å². The molecule has 1 aliphatic rings. The van der Waals surface area contributed by atoms with E-state index in [0.717, 1.165) is 11.3 Å². The number of hydrazine groups is 1. The normalized spacial score (nSPS) is 15.2. The third-order valence-corrected chi connectivity index (χ3v) is 2.43. The maximum atomic E-state index is 11.5. The maximum absolute atomic E-state index is 11.5. The highest BCUT2D eigenvalue weighted by atomic mass is 16.5. The van der Waals surface area contributed by atoms with Crippen LogP contribution < -0.4 is 10.7 Å². The molecule has 0 fully saturated rings. The van der Waals surface area contributed by atoms with Crippen LogP contribution >= 0.6 is 0 Å². The molecular formula is C10H13N3O2. The zero-order valence-electron chi connectivity index (χ0n) is 8.73. The molecule has 0 spiro atoms. The first-order valence-electron chi connectivity index (χ1n) is 4.61. The van der Waals surface area contributed by atoms with Gasteiger partial charge < -0.3 is 10.5 Å². The summed E-state index contributed by atoms with van der Waals surface area (Å²) in [5, 5.41) is 3.27. The van der Waals surface area contributed by atoms with Crippen molar-refractivity contribution in [1.29, 1.82) is 0 Å². The number of methoxy groups -OCH3 is 1. The smallest absolute Gasteiger partial charge is 0.428 e. The number of fused-ring (bicyclic) bond motifs is 1. The van der Waals surface area contributed by atoms with E-state index in [1.165, 1.54) is 12.1 Å². The Morgan fingerprint density at radius 1 is 1.53 bits per heavy atom. The molecule has 1 aromatic rings. The molecule has 0 bridgehead atoms. The number of rotatable bonds is 0. The van der Waals surface area contributed by atoms with Gasteiger partial charge in [0.1, 0.15) is 0 Å². The van der Waals surface area contributed by atoms with Crippen molar-refractivity contribution in [3.63, 3.8) is 0 Å². The SMILES string of the molecule is COC(=O)N1c2cc(N)ccc2CN1C. The van der Waals surface area contributed by atoms with Gasteiger partial charge in [-0.05, 0) is 17.7 Å². The van der Waals surface area contributed by atoms with E-state index in [2.05, 4.69) is 0 Å². The lowest BCUT2D eigenvalue weighted by Gasteiger charge is -2.22. The maximum Gasteiger partial charge on any atom is 0.428 e. The number of nitrogens with two attached hydrogens (primary N) is 1. The Balaban J connectivity index is 2.43. The Morgan fingerprint density at radius 3 is 2.93 bits per heavy atom. The van der Waals surface area contributed by atoms with Crippen molar-refractivity contribution in [2.75, 3.05) is 24.9 Å². The van der Waals surface area contributed by atoms with Crippen molar-refractivity contribution in [1.82, 2.24) is 5.01 Å². The van der Waals surface area contributed by atoms with Crippen molar-refractivity contribution in [2.45, 2.75) is 6.54 Å². The lowest BCUT2D eigenvalue weighted by Crippen LogP contribution is -2.39. The summed E-state index contributed by atoms with van der Waals surface area (Å²) in [6, 6.07) is 5.52. The lowest BCUT2D eigenvalue weighted by atomic mass is 10.2. The zero-order valence-corrected chi connectivity index (χ0v) is 8.73. The molecule has 0 radical (unpaired) electrons. The van der Waals surface area contributed by atoms with Crippen LogP contribution in [0.2, 0.25) is 0 Å². The number of ether oxygens (including phenoxy) is 1. The third kappa shape index (κ3) is 1.50.